The summed E-state index contributed by atoms with van der Waals surface area (Å²) in [6.45, 7) is 9.18. The molecule has 0 aromatic carbocycles. The molecule has 0 spiro atoms. The molecule has 15 heavy (non-hydrogen) atoms. The lowest BCUT2D eigenvalue weighted by Crippen LogP contribution is -2.45. The molecule has 1 unspecified atom stereocenters. The minimum atomic E-state index is 0.0130. The van der Waals surface area contributed by atoms with Gasteiger partial charge in [0, 0.05) is 5.54 Å². The molecule has 1 saturated carbocycles. The molecule has 1 heteroatoms. The van der Waals surface area contributed by atoms with Crippen LogP contribution in [0.25, 0.3) is 0 Å². The van der Waals surface area contributed by atoms with E-state index in [4.69, 9.17) is 5.73 Å². The van der Waals surface area contributed by atoms with Gasteiger partial charge in [-0.05, 0) is 37.5 Å². The van der Waals surface area contributed by atoms with Crippen molar-refractivity contribution >= 4 is 0 Å². The van der Waals surface area contributed by atoms with Gasteiger partial charge in [-0.25, -0.2) is 0 Å². The van der Waals surface area contributed by atoms with Crippen LogP contribution in [-0.4, -0.2) is 5.54 Å². The van der Waals surface area contributed by atoms with E-state index in [1.165, 1.54) is 44.9 Å². The van der Waals surface area contributed by atoms with E-state index in [1.54, 1.807) is 0 Å². The van der Waals surface area contributed by atoms with Gasteiger partial charge in [0.2, 0.25) is 0 Å². The molecule has 0 saturated heterocycles. The van der Waals surface area contributed by atoms with Crippen molar-refractivity contribution in [2.45, 2.75) is 78.2 Å². The first kappa shape index (κ1) is 13.0. The molecule has 1 aliphatic carbocycles. The van der Waals surface area contributed by atoms with Gasteiger partial charge in [0.05, 0.1) is 0 Å². The van der Waals surface area contributed by atoms with Crippen LogP contribution in [0.5, 0.6) is 0 Å². The molecule has 0 heterocycles. The Morgan fingerprint density at radius 1 is 1.13 bits per heavy atom. The molecule has 0 amide bonds. The summed E-state index contributed by atoms with van der Waals surface area (Å²) < 4.78 is 0. The van der Waals surface area contributed by atoms with Gasteiger partial charge in [-0.1, -0.05) is 46.5 Å². The number of rotatable bonds is 3. The van der Waals surface area contributed by atoms with Gasteiger partial charge in [0.25, 0.3) is 0 Å². The van der Waals surface area contributed by atoms with Crippen molar-refractivity contribution in [2.24, 2.45) is 17.1 Å². The van der Waals surface area contributed by atoms with Crippen LogP contribution in [0.3, 0.4) is 0 Å². The summed E-state index contributed by atoms with van der Waals surface area (Å²) in [5.41, 5.74) is 6.94. The van der Waals surface area contributed by atoms with E-state index in [1.807, 2.05) is 0 Å². The Balaban J connectivity index is 2.60. The van der Waals surface area contributed by atoms with Crippen LogP contribution in [-0.2, 0) is 0 Å². The Hall–Kier alpha value is -0.0400. The van der Waals surface area contributed by atoms with Crippen LogP contribution in [0.15, 0.2) is 0 Å². The highest BCUT2D eigenvalue weighted by Gasteiger charge is 2.34. The number of hydrogen-bond acceptors (Lipinski definition) is 1. The van der Waals surface area contributed by atoms with Crippen LogP contribution in [0.4, 0.5) is 0 Å². The first-order valence-electron chi connectivity index (χ1n) is 6.65. The topological polar surface area (TPSA) is 26.0 Å². The van der Waals surface area contributed by atoms with Gasteiger partial charge in [-0.15, -0.1) is 0 Å². The Labute approximate surface area is 95.8 Å². The number of nitrogens with two attached hydrogens (primary N) is 1. The van der Waals surface area contributed by atoms with Crippen LogP contribution in [0, 0.1) is 11.3 Å². The van der Waals surface area contributed by atoms with Gasteiger partial charge in [0.15, 0.2) is 0 Å². The molecule has 0 aliphatic heterocycles. The fourth-order valence-electron chi connectivity index (χ4n) is 2.88. The lowest BCUT2D eigenvalue weighted by Gasteiger charge is -2.39. The van der Waals surface area contributed by atoms with Crippen molar-refractivity contribution < 1.29 is 0 Å². The van der Waals surface area contributed by atoms with E-state index >= 15 is 0 Å². The SMILES string of the molecule is CC(C)C(C)(N)CC1(C)CCCCCC1. The van der Waals surface area contributed by atoms with Gasteiger partial charge < -0.3 is 5.73 Å². The third-order valence-corrected chi connectivity index (χ3v) is 4.44. The molecule has 0 radical (unpaired) electrons. The normalized spacial score (nSPS) is 26.0. The number of hydrogen-bond donors (Lipinski definition) is 1. The Bertz CT molecular complexity index is 186. The summed E-state index contributed by atoms with van der Waals surface area (Å²) in [7, 11) is 0. The monoisotopic (exact) mass is 211 g/mol. The minimum absolute atomic E-state index is 0.0130. The van der Waals surface area contributed by atoms with E-state index in [-0.39, 0.29) is 5.54 Å². The second-order valence-electron chi connectivity index (χ2n) is 6.56. The third kappa shape index (κ3) is 3.79. The van der Waals surface area contributed by atoms with Crippen LogP contribution in [0.2, 0.25) is 0 Å². The van der Waals surface area contributed by atoms with E-state index < -0.39 is 0 Å². The highest BCUT2D eigenvalue weighted by Crippen LogP contribution is 2.41. The third-order valence-electron chi connectivity index (χ3n) is 4.44. The highest BCUT2D eigenvalue weighted by atomic mass is 14.7. The van der Waals surface area contributed by atoms with Crippen molar-refractivity contribution in [3.8, 4) is 0 Å². The first-order chi connectivity index (χ1) is 6.86. The molecule has 0 aromatic heterocycles. The largest absolute Gasteiger partial charge is 0.325 e. The Morgan fingerprint density at radius 2 is 1.60 bits per heavy atom. The average Bonchev–Trinajstić information content (AvgIpc) is 2.28. The van der Waals surface area contributed by atoms with Crippen molar-refractivity contribution in [1.82, 2.24) is 0 Å². The molecule has 1 atom stereocenters. The van der Waals surface area contributed by atoms with Gasteiger partial charge in [0.1, 0.15) is 0 Å². The van der Waals surface area contributed by atoms with Crippen LogP contribution >= 0.6 is 0 Å². The average molecular weight is 211 g/mol. The van der Waals surface area contributed by atoms with Gasteiger partial charge in [-0.2, -0.15) is 0 Å². The molecule has 0 aromatic rings. The molecular weight excluding hydrogens is 182 g/mol. The predicted octanol–water partition coefficient (Wildman–Crippen LogP) is 4.11. The first-order valence-corrected chi connectivity index (χ1v) is 6.65. The summed E-state index contributed by atoms with van der Waals surface area (Å²) in [6.07, 6.45) is 9.63. The van der Waals surface area contributed by atoms with E-state index in [0.29, 0.717) is 11.3 Å². The smallest absolute Gasteiger partial charge is 0.0154 e. The molecule has 1 rings (SSSR count). The zero-order valence-electron chi connectivity index (χ0n) is 11.1. The van der Waals surface area contributed by atoms with Crippen molar-refractivity contribution in [1.29, 1.82) is 0 Å². The lowest BCUT2D eigenvalue weighted by molar-refractivity contribution is 0.162. The zero-order valence-corrected chi connectivity index (χ0v) is 11.1. The van der Waals surface area contributed by atoms with Crippen molar-refractivity contribution in [3.05, 3.63) is 0 Å². The molecule has 2 N–H and O–H groups in total. The molecule has 90 valence electrons. The summed E-state index contributed by atoms with van der Waals surface area (Å²) >= 11 is 0. The van der Waals surface area contributed by atoms with Crippen LogP contribution in [0.1, 0.15) is 72.6 Å². The van der Waals surface area contributed by atoms with Gasteiger partial charge >= 0.3 is 0 Å². The molecule has 1 fully saturated rings. The summed E-state index contributed by atoms with van der Waals surface area (Å²) in [4.78, 5) is 0. The second kappa shape index (κ2) is 4.86. The molecule has 1 nitrogen and oxygen atoms in total. The maximum atomic E-state index is 6.43. The van der Waals surface area contributed by atoms with E-state index in [2.05, 4.69) is 27.7 Å². The van der Waals surface area contributed by atoms with Crippen molar-refractivity contribution in [2.75, 3.05) is 0 Å². The predicted molar refractivity (Wildman–Crippen MR) is 67.9 cm³/mol. The van der Waals surface area contributed by atoms with Gasteiger partial charge in [-0.3, -0.25) is 0 Å². The second-order valence-corrected chi connectivity index (χ2v) is 6.56. The molecular formula is C14H29N. The lowest BCUT2D eigenvalue weighted by atomic mass is 9.70. The maximum Gasteiger partial charge on any atom is 0.0154 e. The van der Waals surface area contributed by atoms with E-state index in [0.717, 1.165) is 0 Å². The molecule has 0 bridgehead atoms. The fraction of sp³-hybridized carbons (Fsp3) is 1.00. The highest BCUT2D eigenvalue weighted by molar-refractivity contribution is 4.91. The summed E-state index contributed by atoms with van der Waals surface area (Å²) in [5.74, 6) is 0.581. The van der Waals surface area contributed by atoms with Crippen molar-refractivity contribution in [3.63, 3.8) is 0 Å². The maximum absolute atomic E-state index is 6.43. The summed E-state index contributed by atoms with van der Waals surface area (Å²) in [5, 5.41) is 0. The van der Waals surface area contributed by atoms with Crippen LogP contribution < -0.4 is 5.73 Å². The Morgan fingerprint density at radius 3 is 2.00 bits per heavy atom. The fourth-order valence-corrected chi connectivity index (χ4v) is 2.88. The zero-order chi connectivity index (χ0) is 11.5. The quantitative estimate of drug-likeness (QED) is 0.698. The Kier molecular flexibility index (Phi) is 4.22. The molecule has 1 aliphatic rings. The standard InChI is InChI=1S/C14H29N/c1-12(2)14(4,15)11-13(3)9-7-5-6-8-10-13/h12H,5-11,15H2,1-4H3. The minimum Gasteiger partial charge on any atom is -0.325 e. The summed E-state index contributed by atoms with van der Waals surface area (Å²) in [6, 6.07) is 0. The van der Waals surface area contributed by atoms with E-state index in [9.17, 15) is 0 Å².